The maximum absolute atomic E-state index is 11.8. The number of benzene rings is 1. The fourth-order valence-corrected chi connectivity index (χ4v) is 2.82. The number of hydrogen-bond acceptors (Lipinski definition) is 2. The van der Waals surface area contributed by atoms with Crippen molar-refractivity contribution in [3.8, 4) is 0 Å². The van der Waals surface area contributed by atoms with Crippen LogP contribution in [-0.2, 0) is 0 Å². The van der Waals surface area contributed by atoms with Gasteiger partial charge in [0.15, 0.2) is 0 Å². The molecule has 0 unspecified atom stereocenters. The molecule has 1 aromatic carbocycles. The van der Waals surface area contributed by atoms with Crippen LogP contribution in [0.4, 0.5) is 5.69 Å². The molecule has 0 atom stereocenters. The van der Waals surface area contributed by atoms with E-state index in [4.69, 9.17) is 0 Å². The predicted octanol–water partition coefficient (Wildman–Crippen LogP) is 4.13. The fourth-order valence-electron chi connectivity index (χ4n) is 2.82. The summed E-state index contributed by atoms with van der Waals surface area (Å²) in [4.78, 5) is 11.8. The van der Waals surface area contributed by atoms with Crippen LogP contribution < -0.4 is 10.6 Å². The molecule has 1 aliphatic rings. The first kappa shape index (κ1) is 15.6. The van der Waals surface area contributed by atoms with Gasteiger partial charge in [0.05, 0.1) is 0 Å². The maximum atomic E-state index is 11.8. The topological polar surface area (TPSA) is 41.1 Å². The minimum Gasteiger partial charge on any atom is -0.382 e. The zero-order valence-electron chi connectivity index (χ0n) is 12.7. The van der Waals surface area contributed by atoms with Gasteiger partial charge in [-0.2, -0.15) is 0 Å². The first-order valence-corrected chi connectivity index (χ1v) is 8.05. The van der Waals surface area contributed by atoms with Crippen LogP contribution in [0.2, 0.25) is 0 Å². The highest BCUT2D eigenvalue weighted by Crippen LogP contribution is 2.21. The van der Waals surface area contributed by atoms with E-state index in [1.807, 2.05) is 24.3 Å². The third-order valence-corrected chi connectivity index (χ3v) is 4.03. The molecule has 0 bridgehead atoms. The summed E-state index contributed by atoms with van der Waals surface area (Å²) in [6.07, 6.45) is 10.9. The Labute approximate surface area is 127 Å². The van der Waals surface area contributed by atoms with E-state index >= 15 is 0 Å². The van der Waals surface area contributed by atoms with Crippen LogP contribution >= 0.6 is 0 Å². The number of nitrogens with one attached hydrogen (secondary N) is 2. The third kappa shape index (κ3) is 5.25. The summed E-state index contributed by atoms with van der Waals surface area (Å²) < 4.78 is 0. The smallest absolute Gasteiger partial charge is 0.251 e. The fraction of sp³-hybridized carbons (Fsp3) is 0.500. The monoisotopic (exact) mass is 286 g/mol. The Morgan fingerprint density at radius 1 is 1.10 bits per heavy atom. The van der Waals surface area contributed by atoms with Gasteiger partial charge in [0.1, 0.15) is 0 Å². The lowest BCUT2D eigenvalue weighted by molar-refractivity contribution is 0.0958. The van der Waals surface area contributed by atoms with Crippen LogP contribution in [0.3, 0.4) is 0 Å². The summed E-state index contributed by atoms with van der Waals surface area (Å²) in [5.41, 5.74) is 1.81. The molecule has 21 heavy (non-hydrogen) atoms. The minimum atomic E-state index is -0.0487. The van der Waals surface area contributed by atoms with Gasteiger partial charge in [0, 0.05) is 23.8 Å². The Balaban J connectivity index is 1.88. The van der Waals surface area contributed by atoms with Crippen LogP contribution in [0.15, 0.2) is 36.9 Å². The van der Waals surface area contributed by atoms with Crippen molar-refractivity contribution in [1.29, 1.82) is 0 Å². The van der Waals surface area contributed by atoms with Crippen molar-refractivity contribution in [2.24, 2.45) is 0 Å². The molecule has 2 rings (SSSR count). The SMILES string of the molecule is C=CCNC(=O)c1ccc(NC2CCCCCCC2)cc1. The van der Waals surface area contributed by atoms with Gasteiger partial charge in [0.25, 0.3) is 5.91 Å². The molecule has 1 fully saturated rings. The van der Waals surface area contributed by atoms with Crippen LogP contribution in [0.5, 0.6) is 0 Å². The van der Waals surface area contributed by atoms with Gasteiger partial charge in [-0.1, -0.05) is 38.2 Å². The van der Waals surface area contributed by atoms with E-state index in [0.717, 1.165) is 5.69 Å². The summed E-state index contributed by atoms with van der Waals surface area (Å²) in [6, 6.07) is 8.34. The highest BCUT2D eigenvalue weighted by molar-refractivity contribution is 5.94. The van der Waals surface area contributed by atoms with Crippen LogP contribution in [0.25, 0.3) is 0 Å². The number of carbonyl (C=O) groups is 1. The second-order valence-electron chi connectivity index (χ2n) is 5.76. The van der Waals surface area contributed by atoms with Gasteiger partial charge >= 0.3 is 0 Å². The predicted molar refractivity (Wildman–Crippen MR) is 88.7 cm³/mol. The van der Waals surface area contributed by atoms with Crippen molar-refractivity contribution in [3.05, 3.63) is 42.5 Å². The zero-order valence-corrected chi connectivity index (χ0v) is 12.7. The van der Waals surface area contributed by atoms with Gasteiger partial charge in [-0.15, -0.1) is 6.58 Å². The van der Waals surface area contributed by atoms with E-state index in [1.54, 1.807) is 6.08 Å². The Kier molecular flexibility index (Phi) is 6.32. The second kappa shape index (κ2) is 8.50. The first-order chi connectivity index (χ1) is 10.3. The Morgan fingerprint density at radius 3 is 2.33 bits per heavy atom. The molecule has 0 radical (unpaired) electrons. The highest BCUT2D eigenvalue weighted by atomic mass is 16.1. The molecule has 1 saturated carbocycles. The van der Waals surface area contributed by atoms with E-state index in [1.165, 1.54) is 44.9 Å². The molecule has 0 heterocycles. The van der Waals surface area contributed by atoms with Crippen molar-refractivity contribution in [2.75, 3.05) is 11.9 Å². The van der Waals surface area contributed by atoms with Crippen LogP contribution in [-0.4, -0.2) is 18.5 Å². The molecule has 3 nitrogen and oxygen atoms in total. The molecule has 0 saturated heterocycles. The summed E-state index contributed by atoms with van der Waals surface area (Å²) in [5, 5.41) is 6.40. The van der Waals surface area contributed by atoms with E-state index in [0.29, 0.717) is 18.2 Å². The lowest BCUT2D eigenvalue weighted by atomic mass is 9.96. The highest BCUT2D eigenvalue weighted by Gasteiger charge is 2.11. The lowest BCUT2D eigenvalue weighted by Crippen LogP contribution is -2.23. The van der Waals surface area contributed by atoms with E-state index < -0.39 is 0 Å². The summed E-state index contributed by atoms with van der Waals surface area (Å²) in [6.45, 7) is 4.10. The quantitative estimate of drug-likeness (QED) is 0.799. The summed E-state index contributed by atoms with van der Waals surface area (Å²) in [7, 11) is 0. The maximum Gasteiger partial charge on any atom is 0.251 e. The molecule has 0 aromatic heterocycles. The lowest BCUT2D eigenvalue weighted by Gasteiger charge is -2.22. The molecule has 0 aliphatic heterocycles. The number of hydrogen-bond donors (Lipinski definition) is 2. The van der Waals surface area contributed by atoms with Crippen LogP contribution in [0.1, 0.15) is 55.3 Å². The van der Waals surface area contributed by atoms with Crippen molar-refractivity contribution < 1.29 is 4.79 Å². The second-order valence-corrected chi connectivity index (χ2v) is 5.76. The molecule has 3 heteroatoms. The molecular weight excluding hydrogens is 260 g/mol. The van der Waals surface area contributed by atoms with Gasteiger partial charge in [-0.25, -0.2) is 0 Å². The molecule has 1 aliphatic carbocycles. The molecule has 1 aromatic rings. The minimum absolute atomic E-state index is 0.0487. The number of carbonyl (C=O) groups excluding carboxylic acids is 1. The van der Waals surface area contributed by atoms with Gasteiger partial charge in [-0.05, 0) is 37.1 Å². The third-order valence-electron chi connectivity index (χ3n) is 4.03. The van der Waals surface area contributed by atoms with Crippen molar-refractivity contribution in [2.45, 2.75) is 51.0 Å². The molecule has 1 amide bonds. The van der Waals surface area contributed by atoms with Gasteiger partial charge < -0.3 is 10.6 Å². The standard InChI is InChI=1S/C18H26N2O/c1-2-14-19-18(21)15-10-12-17(13-11-15)20-16-8-6-4-3-5-7-9-16/h2,10-13,16,20H,1,3-9,14H2,(H,19,21). The number of amides is 1. The largest absolute Gasteiger partial charge is 0.382 e. The zero-order chi connectivity index (χ0) is 14.9. The van der Waals surface area contributed by atoms with Crippen molar-refractivity contribution in [3.63, 3.8) is 0 Å². The average molecular weight is 286 g/mol. The molecule has 114 valence electrons. The summed E-state index contributed by atoms with van der Waals surface area (Å²) in [5.74, 6) is -0.0487. The molecule has 0 spiro atoms. The Bertz CT molecular complexity index is 445. The van der Waals surface area contributed by atoms with E-state index in [9.17, 15) is 4.79 Å². The van der Waals surface area contributed by atoms with E-state index in [2.05, 4.69) is 17.2 Å². The van der Waals surface area contributed by atoms with E-state index in [-0.39, 0.29) is 5.91 Å². The number of anilines is 1. The van der Waals surface area contributed by atoms with Crippen molar-refractivity contribution in [1.82, 2.24) is 5.32 Å². The van der Waals surface area contributed by atoms with Gasteiger partial charge in [0.2, 0.25) is 0 Å². The Hall–Kier alpha value is -1.77. The molecule has 2 N–H and O–H groups in total. The Morgan fingerprint density at radius 2 is 1.71 bits per heavy atom. The van der Waals surface area contributed by atoms with Gasteiger partial charge in [-0.3, -0.25) is 4.79 Å². The van der Waals surface area contributed by atoms with Crippen LogP contribution in [0, 0.1) is 0 Å². The molecular formula is C18H26N2O. The normalized spacial score (nSPS) is 16.6. The first-order valence-electron chi connectivity index (χ1n) is 8.05. The summed E-state index contributed by atoms with van der Waals surface area (Å²) >= 11 is 0. The average Bonchev–Trinajstić information content (AvgIpc) is 2.48. The number of rotatable bonds is 5. The van der Waals surface area contributed by atoms with Crippen molar-refractivity contribution >= 4 is 11.6 Å².